The highest BCUT2D eigenvalue weighted by atomic mass is 19.1. The molecule has 5 nitrogen and oxygen atoms in total. The van der Waals surface area contributed by atoms with Crippen LogP contribution in [0.4, 0.5) is 14.5 Å². The molecule has 1 unspecified atom stereocenters. The topological polar surface area (TPSA) is 54.2 Å². The summed E-state index contributed by atoms with van der Waals surface area (Å²) in [6, 6.07) is 11.0. The predicted molar refractivity (Wildman–Crippen MR) is 103 cm³/mol. The Labute approximate surface area is 162 Å². The van der Waals surface area contributed by atoms with Crippen molar-refractivity contribution >= 4 is 5.69 Å². The molecular formula is C21H22F2N4O. The first-order chi connectivity index (χ1) is 13.6. The molecule has 3 aromatic rings. The molecule has 7 heteroatoms. The summed E-state index contributed by atoms with van der Waals surface area (Å²) in [6.07, 6.45) is 2.26. The first kappa shape index (κ1) is 18.6. The third-order valence-electron chi connectivity index (χ3n) is 5.02. The lowest BCUT2D eigenvalue weighted by Gasteiger charge is -2.22. The van der Waals surface area contributed by atoms with Crippen LogP contribution in [-0.4, -0.2) is 23.2 Å². The summed E-state index contributed by atoms with van der Waals surface area (Å²) in [6.45, 7) is 4.12. The second-order valence-electron chi connectivity index (χ2n) is 7.00. The molecule has 0 spiro atoms. The van der Waals surface area contributed by atoms with Crippen molar-refractivity contribution in [1.82, 2.24) is 15.5 Å². The number of nitrogens with zero attached hydrogens (tertiary/aromatic N) is 3. The molecule has 1 aliphatic rings. The van der Waals surface area contributed by atoms with E-state index in [9.17, 15) is 8.78 Å². The van der Waals surface area contributed by atoms with Gasteiger partial charge in [0.25, 0.3) is 0 Å². The summed E-state index contributed by atoms with van der Waals surface area (Å²) < 4.78 is 33.2. The van der Waals surface area contributed by atoms with Crippen LogP contribution in [0.2, 0.25) is 0 Å². The number of halogens is 2. The van der Waals surface area contributed by atoms with E-state index in [0.29, 0.717) is 29.4 Å². The van der Waals surface area contributed by atoms with Gasteiger partial charge in [-0.15, -0.1) is 0 Å². The third-order valence-corrected chi connectivity index (χ3v) is 5.02. The normalized spacial score (nSPS) is 15.2. The summed E-state index contributed by atoms with van der Waals surface area (Å²) in [5.74, 6) is 0.115. The van der Waals surface area contributed by atoms with Gasteiger partial charge in [-0.25, -0.2) is 8.78 Å². The Balaban J connectivity index is 1.47. The van der Waals surface area contributed by atoms with Crippen molar-refractivity contribution < 1.29 is 13.3 Å². The summed E-state index contributed by atoms with van der Waals surface area (Å²) in [5, 5.41) is 7.19. The van der Waals surface area contributed by atoms with E-state index >= 15 is 0 Å². The van der Waals surface area contributed by atoms with Crippen LogP contribution in [0.15, 0.2) is 47.0 Å². The van der Waals surface area contributed by atoms with Crippen LogP contribution >= 0.6 is 0 Å². The maximum absolute atomic E-state index is 14.5. The van der Waals surface area contributed by atoms with Gasteiger partial charge in [-0.1, -0.05) is 23.4 Å². The van der Waals surface area contributed by atoms with E-state index < -0.39 is 0 Å². The number of rotatable bonds is 6. The molecule has 0 saturated carbocycles. The minimum Gasteiger partial charge on any atom is -0.371 e. The van der Waals surface area contributed by atoms with Gasteiger partial charge in [-0.05, 0) is 44.0 Å². The second kappa shape index (κ2) is 8.06. The average Bonchev–Trinajstić information content (AvgIpc) is 3.39. The smallest absolute Gasteiger partial charge is 0.243 e. The Morgan fingerprint density at radius 3 is 2.71 bits per heavy atom. The molecule has 2 heterocycles. The van der Waals surface area contributed by atoms with Gasteiger partial charge >= 0.3 is 0 Å². The molecule has 0 radical (unpaired) electrons. The second-order valence-corrected chi connectivity index (χ2v) is 7.00. The zero-order chi connectivity index (χ0) is 19.5. The Morgan fingerprint density at radius 1 is 1.14 bits per heavy atom. The molecule has 0 amide bonds. The number of hydrogen-bond donors (Lipinski definition) is 1. The van der Waals surface area contributed by atoms with Gasteiger partial charge < -0.3 is 14.7 Å². The van der Waals surface area contributed by atoms with Crippen molar-refractivity contribution in [3.05, 3.63) is 65.6 Å². The van der Waals surface area contributed by atoms with Gasteiger partial charge in [0.1, 0.15) is 11.6 Å². The number of anilines is 1. The first-order valence-electron chi connectivity index (χ1n) is 9.47. The molecule has 0 bridgehead atoms. The molecule has 1 aliphatic heterocycles. The molecule has 2 aromatic carbocycles. The van der Waals surface area contributed by atoms with Gasteiger partial charge in [0, 0.05) is 36.4 Å². The maximum Gasteiger partial charge on any atom is 0.243 e. The molecule has 4 rings (SSSR count). The van der Waals surface area contributed by atoms with Crippen molar-refractivity contribution in [2.24, 2.45) is 0 Å². The minimum absolute atomic E-state index is 0.227. The van der Waals surface area contributed by atoms with Crippen LogP contribution in [0.25, 0.3) is 11.4 Å². The van der Waals surface area contributed by atoms with Crippen LogP contribution in [0, 0.1) is 11.6 Å². The quantitative estimate of drug-likeness (QED) is 0.680. The van der Waals surface area contributed by atoms with Gasteiger partial charge in [-0.3, -0.25) is 0 Å². The van der Waals surface area contributed by atoms with E-state index in [0.717, 1.165) is 31.6 Å². The SMILES string of the molecule is CC(NCc1c(F)cccc1N1CCCC1)c1nc(-c2cccc(F)c2)no1. The van der Waals surface area contributed by atoms with Crippen LogP contribution < -0.4 is 10.2 Å². The summed E-state index contributed by atoms with van der Waals surface area (Å²) in [7, 11) is 0. The lowest BCUT2D eigenvalue weighted by atomic mass is 10.1. The predicted octanol–water partition coefficient (Wildman–Crippen LogP) is 4.47. The standard InChI is InChI=1S/C21H22F2N4O/c1-14(21-25-20(26-28-21)15-6-4-7-16(22)12-15)24-13-17-18(23)8-5-9-19(17)27-10-2-3-11-27/h4-9,12,14,24H,2-3,10-11,13H2,1H3. The van der Waals surface area contributed by atoms with Crippen LogP contribution in [0.5, 0.6) is 0 Å². The van der Waals surface area contributed by atoms with E-state index in [1.807, 2.05) is 13.0 Å². The molecule has 1 saturated heterocycles. The van der Waals surface area contributed by atoms with Crippen molar-refractivity contribution in [1.29, 1.82) is 0 Å². The Bertz CT molecular complexity index is 953. The van der Waals surface area contributed by atoms with Crippen molar-refractivity contribution in [3.63, 3.8) is 0 Å². The lowest BCUT2D eigenvalue weighted by molar-refractivity contribution is 0.338. The molecule has 0 aliphatic carbocycles. The molecular weight excluding hydrogens is 362 g/mol. The highest BCUT2D eigenvalue weighted by Gasteiger charge is 2.20. The number of benzene rings is 2. The van der Waals surface area contributed by atoms with Crippen molar-refractivity contribution in [2.45, 2.75) is 32.4 Å². The Kier molecular flexibility index (Phi) is 5.34. The fourth-order valence-corrected chi connectivity index (χ4v) is 3.47. The van der Waals surface area contributed by atoms with Crippen molar-refractivity contribution in [3.8, 4) is 11.4 Å². The maximum atomic E-state index is 14.5. The third kappa shape index (κ3) is 3.89. The highest BCUT2D eigenvalue weighted by Crippen LogP contribution is 2.27. The summed E-state index contributed by atoms with van der Waals surface area (Å²) >= 11 is 0. The molecule has 146 valence electrons. The highest BCUT2D eigenvalue weighted by molar-refractivity contribution is 5.55. The van der Waals surface area contributed by atoms with Gasteiger partial charge in [0.2, 0.25) is 11.7 Å². The molecule has 1 fully saturated rings. The van der Waals surface area contributed by atoms with E-state index in [-0.39, 0.29) is 17.7 Å². The van der Waals surface area contributed by atoms with Gasteiger partial charge in [-0.2, -0.15) is 4.98 Å². The number of hydrogen-bond acceptors (Lipinski definition) is 5. The molecule has 28 heavy (non-hydrogen) atoms. The number of aromatic nitrogens is 2. The monoisotopic (exact) mass is 384 g/mol. The molecule has 1 aromatic heterocycles. The van der Waals surface area contributed by atoms with E-state index in [1.165, 1.54) is 18.2 Å². The van der Waals surface area contributed by atoms with Crippen molar-refractivity contribution in [2.75, 3.05) is 18.0 Å². The fourth-order valence-electron chi connectivity index (χ4n) is 3.47. The largest absolute Gasteiger partial charge is 0.371 e. The van der Waals surface area contributed by atoms with Gasteiger partial charge in [0.05, 0.1) is 6.04 Å². The Morgan fingerprint density at radius 2 is 1.93 bits per heavy atom. The lowest BCUT2D eigenvalue weighted by Crippen LogP contribution is -2.24. The molecule has 1 N–H and O–H groups in total. The van der Waals surface area contributed by atoms with Crippen LogP contribution in [0.1, 0.15) is 37.3 Å². The van der Waals surface area contributed by atoms with E-state index in [2.05, 4.69) is 20.4 Å². The minimum atomic E-state index is -0.357. The Hall–Kier alpha value is -2.80. The fraction of sp³-hybridized carbons (Fsp3) is 0.333. The first-order valence-corrected chi connectivity index (χ1v) is 9.47. The molecule has 1 atom stereocenters. The van der Waals surface area contributed by atoms with E-state index in [4.69, 9.17) is 4.52 Å². The van der Waals surface area contributed by atoms with Crippen LogP contribution in [0.3, 0.4) is 0 Å². The zero-order valence-corrected chi connectivity index (χ0v) is 15.7. The number of nitrogens with one attached hydrogen (secondary N) is 1. The average molecular weight is 384 g/mol. The summed E-state index contributed by atoms with van der Waals surface area (Å²) in [5.41, 5.74) is 2.12. The van der Waals surface area contributed by atoms with Gasteiger partial charge in [0.15, 0.2) is 0 Å². The zero-order valence-electron chi connectivity index (χ0n) is 15.7. The van der Waals surface area contributed by atoms with E-state index in [1.54, 1.807) is 18.2 Å². The van der Waals surface area contributed by atoms with Crippen LogP contribution in [-0.2, 0) is 6.54 Å². The summed E-state index contributed by atoms with van der Waals surface area (Å²) in [4.78, 5) is 6.57.